The third-order valence-corrected chi connectivity index (χ3v) is 2.07. The van der Waals surface area contributed by atoms with Crippen LogP contribution in [0.1, 0.15) is 5.56 Å². The van der Waals surface area contributed by atoms with Gasteiger partial charge in [-0.3, -0.25) is 0 Å². The van der Waals surface area contributed by atoms with Crippen molar-refractivity contribution < 1.29 is 0 Å². The molecule has 1 aromatic rings. The molecule has 2 radical (unpaired) electrons. The van der Waals surface area contributed by atoms with E-state index >= 15 is 0 Å². The lowest BCUT2D eigenvalue weighted by atomic mass is 10.4. The van der Waals surface area contributed by atoms with Crippen LogP contribution in [-0.4, -0.2) is 26.3 Å². The van der Waals surface area contributed by atoms with Gasteiger partial charge in [0.1, 0.15) is 5.15 Å². The van der Waals surface area contributed by atoms with E-state index in [0.717, 1.165) is 10.1 Å². The summed E-state index contributed by atoms with van der Waals surface area (Å²) in [5.41, 5.74) is 6.16. The summed E-state index contributed by atoms with van der Waals surface area (Å²) < 4.78 is 0.748. The topological polar surface area (TPSA) is 51.8 Å². The molecule has 1 aromatic heterocycles. The Kier molecular flexibility index (Phi) is 2.15. The van der Waals surface area contributed by atoms with Crippen molar-refractivity contribution in [2.24, 2.45) is 0 Å². The highest BCUT2D eigenvalue weighted by Crippen LogP contribution is 2.07. The van der Waals surface area contributed by atoms with Crippen LogP contribution in [-0.2, 0) is 0 Å². The summed E-state index contributed by atoms with van der Waals surface area (Å²) in [5.74, 6) is 0.209. The second-order valence-electron chi connectivity index (χ2n) is 1.88. The highest BCUT2D eigenvalue weighted by atomic mass is 35.5. The number of hydrogen-bond acceptors (Lipinski definition) is 3. The number of nitrogens with two attached hydrogens (primary N) is 1. The van der Waals surface area contributed by atoms with Crippen molar-refractivity contribution in [2.75, 3.05) is 5.73 Å². The van der Waals surface area contributed by atoms with Crippen LogP contribution >= 0.6 is 11.6 Å². The molecule has 0 amide bonds. The number of rotatable bonds is 0. The van der Waals surface area contributed by atoms with Gasteiger partial charge in [-0.25, -0.2) is 9.97 Å². The Labute approximate surface area is 72.0 Å². The molecule has 1 rings (SSSR count). The Morgan fingerprint density at radius 2 is 2.10 bits per heavy atom. The lowest BCUT2D eigenvalue weighted by Crippen LogP contribution is -2.16. The fraction of sp³-hybridized carbons (Fsp3) is 0.200. The number of anilines is 1. The first-order valence-electron chi connectivity index (χ1n) is 2.66. The van der Waals surface area contributed by atoms with E-state index in [4.69, 9.17) is 17.3 Å². The largest absolute Gasteiger partial charge is 0.368 e. The average Bonchev–Trinajstić information content (AvgIpc) is 1.82. The van der Waals surface area contributed by atoms with Gasteiger partial charge in [0.2, 0.25) is 22.2 Å². The highest BCUT2D eigenvalue weighted by Gasteiger charge is 2.00. The molecule has 10 heavy (non-hydrogen) atoms. The molecule has 50 valence electrons. The Morgan fingerprint density at radius 1 is 1.50 bits per heavy atom. The molecule has 0 aliphatic rings. The summed E-state index contributed by atoms with van der Waals surface area (Å²) in [7, 11) is 0. The molecule has 2 N–H and O–H groups in total. The second-order valence-corrected chi connectivity index (χ2v) is 2.79. The zero-order valence-electron chi connectivity index (χ0n) is 5.43. The zero-order chi connectivity index (χ0) is 7.72. The van der Waals surface area contributed by atoms with Gasteiger partial charge in [-0.15, -0.1) is 0 Å². The van der Waals surface area contributed by atoms with Crippen LogP contribution in [0.2, 0.25) is 5.15 Å². The van der Waals surface area contributed by atoms with E-state index in [-0.39, 0.29) is 5.95 Å². The first-order chi connectivity index (χ1) is 4.61. The van der Waals surface area contributed by atoms with Crippen LogP contribution in [0.4, 0.5) is 5.95 Å². The van der Waals surface area contributed by atoms with Gasteiger partial charge in [0, 0.05) is 0 Å². The smallest absolute Gasteiger partial charge is 0.220 e. The van der Waals surface area contributed by atoms with Crippen molar-refractivity contribution in [3.05, 3.63) is 10.7 Å². The van der Waals surface area contributed by atoms with Gasteiger partial charge < -0.3 is 5.73 Å². The number of hydrogen-bond donors (Lipinski definition) is 1. The summed E-state index contributed by atoms with van der Waals surface area (Å²) >= 11 is 8.11. The summed E-state index contributed by atoms with van der Waals surface area (Å²) in [6.07, 6.45) is 0. The van der Waals surface area contributed by atoms with E-state index in [1.807, 2.05) is 6.92 Å². The van der Waals surface area contributed by atoms with Gasteiger partial charge in [0.15, 0.2) is 0 Å². The van der Waals surface area contributed by atoms with Crippen LogP contribution in [0.15, 0.2) is 0 Å². The third-order valence-electron chi connectivity index (χ3n) is 1.14. The third kappa shape index (κ3) is 1.40. The molecule has 0 aromatic carbocycles. The standard InChI is InChI=1S/C5H5ClN3.Al/c1-3-2-8-5(7)9-4(3)6;/h1H3,(H2,7,8,9);. The molecule has 0 bridgehead atoms. The predicted molar refractivity (Wildman–Crippen MR) is 41.6 cm³/mol. The first kappa shape index (κ1) is 7.81. The molecule has 0 spiro atoms. The van der Waals surface area contributed by atoms with E-state index < -0.39 is 0 Å². The average molecular weight is 170 g/mol. The number of halogens is 1. The van der Waals surface area contributed by atoms with E-state index in [9.17, 15) is 0 Å². The summed E-state index contributed by atoms with van der Waals surface area (Å²) in [6.45, 7) is 1.84. The van der Waals surface area contributed by atoms with Gasteiger partial charge in [-0.1, -0.05) is 11.6 Å². The Bertz CT molecular complexity index is 240. The maximum atomic E-state index is 5.67. The van der Waals surface area contributed by atoms with Gasteiger partial charge in [0.25, 0.3) is 0 Å². The molecule has 0 atom stereocenters. The molecule has 0 aliphatic carbocycles. The van der Waals surface area contributed by atoms with E-state index in [0.29, 0.717) is 5.15 Å². The van der Waals surface area contributed by atoms with Crippen LogP contribution in [0.3, 0.4) is 0 Å². The van der Waals surface area contributed by atoms with Gasteiger partial charge >= 0.3 is 0 Å². The Balaban J connectivity index is 3.31. The van der Waals surface area contributed by atoms with Crippen molar-refractivity contribution in [1.82, 2.24) is 9.97 Å². The van der Waals surface area contributed by atoms with Crippen LogP contribution < -0.4 is 10.3 Å². The minimum absolute atomic E-state index is 0.209. The van der Waals surface area contributed by atoms with Gasteiger partial charge in [0.05, 0.1) is 0 Å². The summed E-state index contributed by atoms with van der Waals surface area (Å²) in [5, 5.41) is 0.414. The molecule has 0 saturated carbocycles. The maximum Gasteiger partial charge on any atom is 0.220 e. The molecular formula is C5H5AlClN3. The summed E-state index contributed by atoms with van der Waals surface area (Å²) in [6, 6.07) is 0. The molecule has 1 heterocycles. The molecule has 0 fully saturated rings. The minimum atomic E-state index is 0.209. The maximum absolute atomic E-state index is 5.67. The molecule has 0 aliphatic heterocycles. The molecule has 0 unspecified atom stereocenters. The molecular weight excluding hydrogens is 165 g/mol. The predicted octanol–water partition coefficient (Wildman–Crippen LogP) is -0.186. The molecule has 0 saturated heterocycles. The zero-order valence-corrected chi connectivity index (χ0v) is 7.34. The first-order valence-corrected chi connectivity index (χ1v) is 3.62. The van der Waals surface area contributed by atoms with Crippen molar-refractivity contribution in [3.63, 3.8) is 0 Å². The fourth-order valence-corrected chi connectivity index (χ4v) is 1.07. The van der Waals surface area contributed by atoms with E-state index in [1.54, 1.807) is 0 Å². The molecule has 3 nitrogen and oxygen atoms in total. The van der Waals surface area contributed by atoms with Crippen molar-refractivity contribution in [2.45, 2.75) is 6.92 Å². The number of nitrogens with zero attached hydrogens (tertiary/aromatic N) is 2. The van der Waals surface area contributed by atoms with Gasteiger partial charge in [-0.05, 0) is 17.0 Å². The monoisotopic (exact) mass is 169 g/mol. The number of nitrogen functional groups attached to an aromatic ring is 1. The number of aromatic nitrogens is 2. The Morgan fingerprint density at radius 3 is 2.60 bits per heavy atom. The summed E-state index contributed by atoms with van der Waals surface area (Å²) in [4.78, 5) is 7.63. The SMILES string of the molecule is Cc1[c]([Al])nc(N)nc1Cl. The van der Waals surface area contributed by atoms with E-state index in [1.165, 1.54) is 0 Å². The fourth-order valence-electron chi connectivity index (χ4n) is 0.522. The van der Waals surface area contributed by atoms with E-state index in [2.05, 4.69) is 26.3 Å². The second kappa shape index (κ2) is 2.75. The lowest BCUT2D eigenvalue weighted by molar-refractivity contribution is 1.18. The minimum Gasteiger partial charge on any atom is -0.368 e. The van der Waals surface area contributed by atoms with Crippen molar-refractivity contribution >= 4 is 38.4 Å². The Hall–Kier alpha value is -0.298. The van der Waals surface area contributed by atoms with Crippen LogP contribution in [0.25, 0.3) is 0 Å². The normalized spacial score (nSPS) is 9.80. The van der Waals surface area contributed by atoms with Gasteiger partial charge in [-0.2, -0.15) is 0 Å². The van der Waals surface area contributed by atoms with Crippen molar-refractivity contribution in [3.8, 4) is 0 Å². The molecule has 5 heteroatoms. The van der Waals surface area contributed by atoms with Crippen molar-refractivity contribution in [1.29, 1.82) is 0 Å². The van der Waals surface area contributed by atoms with Crippen LogP contribution in [0, 0.1) is 6.92 Å². The quantitative estimate of drug-likeness (QED) is 0.433. The highest BCUT2D eigenvalue weighted by molar-refractivity contribution is 6.36. The van der Waals surface area contributed by atoms with Crippen LogP contribution in [0.5, 0.6) is 0 Å². The lowest BCUT2D eigenvalue weighted by Gasteiger charge is -2.01.